The summed E-state index contributed by atoms with van der Waals surface area (Å²) in [6.07, 6.45) is 2.80. The lowest BCUT2D eigenvalue weighted by Crippen LogP contribution is -2.10. The molecule has 0 unspecified atom stereocenters. The van der Waals surface area contributed by atoms with Gasteiger partial charge in [0.05, 0.1) is 9.73 Å². The zero-order valence-corrected chi connectivity index (χ0v) is 10.3. The topological polar surface area (TPSA) is 84.5 Å². The fourth-order valence-electron chi connectivity index (χ4n) is 1.11. The largest absolute Gasteiger partial charge is 0.399 e. The third kappa shape index (κ3) is 3.90. The summed E-state index contributed by atoms with van der Waals surface area (Å²) in [7, 11) is -2.43. The average Bonchev–Trinajstić information content (AvgIpc) is 2.08. The second-order valence-corrected chi connectivity index (χ2v) is 6.32. The molecule has 1 rings (SSSR count). The van der Waals surface area contributed by atoms with Crippen LogP contribution in [0.5, 0.6) is 0 Å². The molecule has 0 saturated heterocycles. The molecule has 88 valence electrons. The standard InChI is InChI=1S/C10H15N3O2S/c1-7-4-5-8(11)6-9(7)12-10(14)13-16(2,3)15/h4-6H,11H2,1-3H3,(H,12,14). The number of rotatable bonds is 1. The van der Waals surface area contributed by atoms with Crippen molar-refractivity contribution < 1.29 is 9.00 Å². The van der Waals surface area contributed by atoms with Gasteiger partial charge in [0.25, 0.3) is 0 Å². The Balaban J connectivity index is 2.94. The molecule has 1 aromatic carbocycles. The van der Waals surface area contributed by atoms with E-state index in [0.29, 0.717) is 11.4 Å². The molecule has 2 amide bonds. The Kier molecular flexibility index (Phi) is 3.54. The van der Waals surface area contributed by atoms with Crippen LogP contribution in [0.15, 0.2) is 22.6 Å². The molecule has 0 saturated carbocycles. The first-order valence-electron chi connectivity index (χ1n) is 4.62. The van der Waals surface area contributed by atoms with Crippen LogP contribution in [0.4, 0.5) is 16.2 Å². The van der Waals surface area contributed by atoms with Crippen molar-refractivity contribution in [3.63, 3.8) is 0 Å². The summed E-state index contributed by atoms with van der Waals surface area (Å²) in [5, 5.41) is 2.54. The number of benzene rings is 1. The number of nitrogens with one attached hydrogen (secondary N) is 1. The molecule has 6 heteroatoms. The predicted molar refractivity (Wildman–Crippen MR) is 67.0 cm³/mol. The number of urea groups is 1. The highest BCUT2D eigenvalue weighted by Gasteiger charge is 2.05. The van der Waals surface area contributed by atoms with Crippen molar-refractivity contribution in [2.75, 3.05) is 23.6 Å². The Morgan fingerprint density at radius 2 is 2.06 bits per heavy atom. The smallest absolute Gasteiger partial charge is 0.353 e. The van der Waals surface area contributed by atoms with Crippen molar-refractivity contribution in [3.05, 3.63) is 23.8 Å². The number of nitrogens with two attached hydrogens (primary N) is 1. The van der Waals surface area contributed by atoms with E-state index in [1.54, 1.807) is 18.2 Å². The van der Waals surface area contributed by atoms with E-state index < -0.39 is 15.8 Å². The van der Waals surface area contributed by atoms with Crippen LogP contribution in [-0.2, 0) is 9.73 Å². The third-order valence-corrected chi connectivity index (χ3v) is 2.41. The normalized spacial score (nSPS) is 10.9. The maximum absolute atomic E-state index is 11.4. The van der Waals surface area contributed by atoms with Gasteiger partial charge in [0.2, 0.25) is 0 Å². The minimum atomic E-state index is -2.43. The molecule has 3 N–H and O–H groups in total. The van der Waals surface area contributed by atoms with Crippen molar-refractivity contribution in [3.8, 4) is 0 Å². The van der Waals surface area contributed by atoms with E-state index >= 15 is 0 Å². The molecular formula is C10H15N3O2S. The minimum absolute atomic E-state index is 0.551. The molecule has 16 heavy (non-hydrogen) atoms. The summed E-state index contributed by atoms with van der Waals surface area (Å²) < 4.78 is 14.8. The quantitative estimate of drug-likeness (QED) is 0.736. The molecule has 0 bridgehead atoms. The Bertz CT molecular complexity index is 523. The summed E-state index contributed by atoms with van der Waals surface area (Å²) in [6, 6.07) is 4.55. The second kappa shape index (κ2) is 4.52. The first-order chi connectivity index (χ1) is 7.28. The van der Waals surface area contributed by atoms with E-state index in [9.17, 15) is 9.00 Å². The monoisotopic (exact) mass is 241 g/mol. The van der Waals surface area contributed by atoms with E-state index in [0.717, 1.165) is 5.56 Å². The van der Waals surface area contributed by atoms with Crippen molar-refractivity contribution >= 4 is 27.1 Å². The highest BCUT2D eigenvalue weighted by molar-refractivity contribution is 7.92. The van der Waals surface area contributed by atoms with Crippen LogP contribution in [0.25, 0.3) is 0 Å². The lowest BCUT2D eigenvalue weighted by atomic mass is 10.2. The van der Waals surface area contributed by atoms with Crippen LogP contribution in [0.2, 0.25) is 0 Å². The SMILES string of the molecule is Cc1ccc(N)cc1NC(=O)N=S(C)(C)=O. The van der Waals surface area contributed by atoms with Gasteiger partial charge in [0, 0.05) is 23.9 Å². The molecule has 5 nitrogen and oxygen atoms in total. The fourth-order valence-corrected chi connectivity index (χ4v) is 1.56. The molecule has 0 heterocycles. The molecule has 0 atom stereocenters. The molecule has 1 aromatic rings. The van der Waals surface area contributed by atoms with Gasteiger partial charge in [-0.3, -0.25) is 0 Å². The summed E-state index contributed by atoms with van der Waals surface area (Å²) >= 11 is 0. The van der Waals surface area contributed by atoms with Crippen LogP contribution in [0.1, 0.15) is 5.56 Å². The number of nitrogens with zero attached hydrogens (tertiary/aromatic N) is 1. The van der Waals surface area contributed by atoms with Crippen molar-refractivity contribution in [1.82, 2.24) is 0 Å². The maximum atomic E-state index is 11.4. The second-order valence-electron chi connectivity index (χ2n) is 3.78. The van der Waals surface area contributed by atoms with Crippen LogP contribution >= 0.6 is 0 Å². The molecule has 0 radical (unpaired) electrons. The van der Waals surface area contributed by atoms with Gasteiger partial charge >= 0.3 is 6.03 Å². The first kappa shape index (κ1) is 12.5. The number of nitrogen functional groups attached to an aromatic ring is 1. The predicted octanol–water partition coefficient (Wildman–Crippen LogP) is 1.84. The van der Waals surface area contributed by atoms with Crippen LogP contribution < -0.4 is 11.1 Å². The molecule has 0 aliphatic rings. The van der Waals surface area contributed by atoms with Crippen molar-refractivity contribution in [1.29, 1.82) is 0 Å². The summed E-state index contributed by atoms with van der Waals surface area (Å²) in [5.74, 6) is 0. The number of carbonyl (C=O) groups is 1. The highest BCUT2D eigenvalue weighted by Crippen LogP contribution is 2.18. The van der Waals surface area contributed by atoms with E-state index in [4.69, 9.17) is 5.73 Å². The highest BCUT2D eigenvalue weighted by atomic mass is 32.2. The molecule has 0 aliphatic heterocycles. The van der Waals surface area contributed by atoms with Gasteiger partial charge in [-0.05, 0) is 24.6 Å². The Hall–Kier alpha value is -1.56. The zero-order chi connectivity index (χ0) is 12.3. The Morgan fingerprint density at radius 3 is 2.62 bits per heavy atom. The summed E-state index contributed by atoms with van der Waals surface area (Å²) in [6.45, 7) is 1.84. The lowest BCUT2D eigenvalue weighted by Gasteiger charge is -2.06. The van der Waals surface area contributed by atoms with Crippen LogP contribution in [-0.4, -0.2) is 22.8 Å². The number of hydrogen-bond donors (Lipinski definition) is 2. The zero-order valence-electron chi connectivity index (χ0n) is 9.48. The third-order valence-electron chi connectivity index (χ3n) is 1.81. The Morgan fingerprint density at radius 1 is 1.44 bits per heavy atom. The lowest BCUT2D eigenvalue weighted by molar-refractivity contribution is 0.260. The Labute approximate surface area is 95.2 Å². The first-order valence-corrected chi connectivity index (χ1v) is 6.95. The van der Waals surface area contributed by atoms with Crippen molar-refractivity contribution in [2.24, 2.45) is 4.36 Å². The summed E-state index contributed by atoms with van der Waals surface area (Å²) in [4.78, 5) is 11.4. The van der Waals surface area contributed by atoms with E-state index in [1.807, 2.05) is 6.92 Å². The van der Waals surface area contributed by atoms with Crippen LogP contribution in [0.3, 0.4) is 0 Å². The van der Waals surface area contributed by atoms with E-state index in [1.165, 1.54) is 12.5 Å². The maximum Gasteiger partial charge on any atom is 0.353 e. The van der Waals surface area contributed by atoms with Gasteiger partial charge < -0.3 is 11.1 Å². The van der Waals surface area contributed by atoms with E-state index in [-0.39, 0.29) is 0 Å². The molecule has 0 fully saturated rings. The minimum Gasteiger partial charge on any atom is -0.399 e. The van der Waals surface area contributed by atoms with Gasteiger partial charge in [-0.25, -0.2) is 9.00 Å². The number of hydrogen-bond acceptors (Lipinski definition) is 3. The average molecular weight is 241 g/mol. The van der Waals surface area contributed by atoms with Crippen LogP contribution in [0, 0.1) is 6.92 Å². The number of aryl methyl sites for hydroxylation is 1. The van der Waals surface area contributed by atoms with Gasteiger partial charge in [-0.15, -0.1) is 4.36 Å². The van der Waals surface area contributed by atoms with Gasteiger partial charge in [-0.2, -0.15) is 0 Å². The van der Waals surface area contributed by atoms with Gasteiger partial charge in [0.1, 0.15) is 0 Å². The fraction of sp³-hybridized carbons (Fsp3) is 0.300. The molecular weight excluding hydrogens is 226 g/mol. The van der Waals surface area contributed by atoms with Crippen molar-refractivity contribution in [2.45, 2.75) is 6.92 Å². The van der Waals surface area contributed by atoms with E-state index in [2.05, 4.69) is 9.68 Å². The summed E-state index contributed by atoms with van der Waals surface area (Å²) in [5.41, 5.74) is 7.60. The van der Waals surface area contributed by atoms with Gasteiger partial charge in [0.15, 0.2) is 0 Å². The number of amides is 2. The molecule has 0 aliphatic carbocycles. The number of carbonyl (C=O) groups excluding carboxylic acids is 1. The number of anilines is 2. The van der Waals surface area contributed by atoms with Gasteiger partial charge in [-0.1, -0.05) is 6.07 Å². The molecule has 0 aromatic heterocycles. The molecule has 0 spiro atoms.